The van der Waals surface area contributed by atoms with Crippen LogP contribution in [0.3, 0.4) is 0 Å². The van der Waals surface area contributed by atoms with Crippen molar-refractivity contribution in [2.75, 3.05) is 19.7 Å². The van der Waals surface area contributed by atoms with Crippen LogP contribution in [0.4, 0.5) is 0 Å². The standard InChI is InChI=1S/C17H24N2O2S.ClH/c20-17(15-9-12-3-1-2-4-14(12)18-15)19-6-7-21-16(10-19)13-5-8-22-11-13;/h5,8,11-12,14-16,18H,1-4,6-7,9-10H2;1H. The van der Waals surface area contributed by atoms with Crippen LogP contribution in [0.1, 0.15) is 43.8 Å². The number of carbonyl (C=O) groups is 1. The number of hydrogen-bond acceptors (Lipinski definition) is 4. The molecule has 6 heteroatoms. The minimum absolute atomic E-state index is 0. The van der Waals surface area contributed by atoms with Gasteiger partial charge in [0.05, 0.1) is 19.2 Å². The van der Waals surface area contributed by atoms with E-state index in [1.165, 1.54) is 31.2 Å². The molecule has 2 aliphatic heterocycles. The highest BCUT2D eigenvalue weighted by Crippen LogP contribution is 2.34. The van der Waals surface area contributed by atoms with Crippen molar-refractivity contribution in [2.24, 2.45) is 5.92 Å². The first-order valence-corrected chi connectivity index (χ1v) is 9.44. The summed E-state index contributed by atoms with van der Waals surface area (Å²) in [5, 5.41) is 7.81. The third kappa shape index (κ3) is 3.58. The van der Waals surface area contributed by atoms with Crippen molar-refractivity contribution in [1.29, 1.82) is 0 Å². The van der Waals surface area contributed by atoms with Gasteiger partial charge in [0, 0.05) is 12.6 Å². The summed E-state index contributed by atoms with van der Waals surface area (Å²) in [6.45, 7) is 2.07. The fourth-order valence-electron chi connectivity index (χ4n) is 4.24. The molecule has 128 valence electrons. The summed E-state index contributed by atoms with van der Waals surface area (Å²) in [7, 11) is 0. The van der Waals surface area contributed by atoms with Gasteiger partial charge in [-0.1, -0.05) is 12.8 Å². The summed E-state index contributed by atoms with van der Waals surface area (Å²) < 4.78 is 5.85. The lowest BCUT2D eigenvalue weighted by Crippen LogP contribution is -2.50. The predicted molar refractivity (Wildman–Crippen MR) is 94.1 cm³/mol. The Morgan fingerprint density at radius 2 is 2.22 bits per heavy atom. The van der Waals surface area contributed by atoms with Gasteiger partial charge in [-0.3, -0.25) is 4.79 Å². The monoisotopic (exact) mass is 356 g/mol. The molecule has 1 saturated carbocycles. The topological polar surface area (TPSA) is 41.6 Å². The van der Waals surface area contributed by atoms with Crippen LogP contribution in [0.5, 0.6) is 0 Å². The second-order valence-electron chi connectivity index (χ2n) is 6.81. The van der Waals surface area contributed by atoms with Gasteiger partial charge in [-0.2, -0.15) is 11.3 Å². The molecule has 0 bridgehead atoms. The molecule has 1 aromatic heterocycles. The highest BCUT2D eigenvalue weighted by atomic mass is 35.5. The number of amides is 1. The molecule has 0 radical (unpaired) electrons. The summed E-state index contributed by atoms with van der Waals surface area (Å²) in [5.74, 6) is 1.01. The maximum Gasteiger partial charge on any atom is 0.239 e. The van der Waals surface area contributed by atoms with Crippen molar-refractivity contribution < 1.29 is 9.53 Å². The molecule has 2 saturated heterocycles. The predicted octanol–water partition coefficient (Wildman–Crippen LogP) is 2.99. The van der Waals surface area contributed by atoms with E-state index in [4.69, 9.17) is 4.74 Å². The van der Waals surface area contributed by atoms with E-state index >= 15 is 0 Å². The molecule has 4 rings (SSSR count). The Labute approximate surface area is 148 Å². The van der Waals surface area contributed by atoms with Crippen LogP contribution in [0, 0.1) is 5.92 Å². The smallest absolute Gasteiger partial charge is 0.239 e. The van der Waals surface area contributed by atoms with E-state index in [0.717, 1.165) is 18.9 Å². The zero-order valence-corrected chi connectivity index (χ0v) is 14.9. The van der Waals surface area contributed by atoms with Gasteiger partial charge in [0.25, 0.3) is 0 Å². The van der Waals surface area contributed by atoms with Gasteiger partial charge in [-0.25, -0.2) is 0 Å². The lowest BCUT2D eigenvalue weighted by atomic mass is 9.85. The average Bonchev–Trinajstić information content (AvgIpc) is 3.23. The number of morpholine rings is 1. The molecule has 4 nitrogen and oxygen atoms in total. The first-order chi connectivity index (χ1) is 10.8. The van der Waals surface area contributed by atoms with E-state index in [1.54, 1.807) is 11.3 Å². The maximum absolute atomic E-state index is 12.9. The minimum Gasteiger partial charge on any atom is -0.370 e. The molecule has 1 aliphatic carbocycles. The summed E-state index contributed by atoms with van der Waals surface area (Å²) in [5.41, 5.74) is 1.20. The molecule has 1 N–H and O–H groups in total. The summed E-state index contributed by atoms with van der Waals surface area (Å²) in [6, 6.07) is 2.72. The molecule has 1 aromatic rings. The first-order valence-electron chi connectivity index (χ1n) is 8.50. The fourth-order valence-corrected chi connectivity index (χ4v) is 4.94. The lowest BCUT2D eigenvalue weighted by molar-refractivity contribution is -0.141. The number of nitrogens with one attached hydrogen (secondary N) is 1. The SMILES string of the molecule is Cl.O=C(C1CC2CCCCC2N1)N1CCOC(c2ccsc2)C1. The third-order valence-electron chi connectivity index (χ3n) is 5.45. The molecular formula is C17H25ClN2O2S. The number of ether oxygens (including phenoxy) is 1. The van der Waals surface area contributed by atoms with Crippen LogP contribution in [0.15, 0.2) is 16.8 Å². The number of carbonyl (C=O) groups excluding carboxylic acids is 1. The van der Waals surface area contributed by atoms with E-state index in [1.807, 2.05) is 4.90 Å². The Bertz CT molecular complexity index is 511. The Balaban J connectivity index is 0.00000156. The number of halogens is 1. The molecule has 4 unspecified atom stereocenters. The van der Waals surface area contributed by atoms with Crippen molar-refractivity contribution in [3.8, 4) is 0 Å². The number of fused-ring (bicyclic) bond motifs is 1. The van der Waals surface area contributed by atoms with Crippen molar-refractivity contribution in [3.63, 3.8) is 0 Å². The molecular weight excluding hydrogens is 332 g/mol. The molecule has 0 aromatic carbocycles. The fraction of sp³-hybridized carbons (Fsp3) is 0.706. The van der Waals surface area contributed by atoms with E-state index in [2.05, 4.69) is 22.1 Å². The number of hydrogen-bond donors (Lipinski definition) is 1. The van der Waals surface area contributed by atoms with Crippen LogP contribution in [0.25, 0.3) is 0 Å². The van der Waals surface area contributed by atoms with Crippen molar-refractivity contribution >= 4 is 29.7 Å². The van der Waals surface area contributed by atoms with Crippen molar-refractivity contribution in [3.05, 3.63) is 22.4 Å². The lowest BCUT2D eigenvalue weighted by Gasteiger charge is -2.34. The quantitative estimate of drug-likeness (QED) is 0.885. The van der Waals surface area contributed by atoms with Gasteiger partial charge < -0.3 is 15.0 Å². The van der Waals surface area contributed by atoms with Gasteiger partial charge in [0.1, 0.15) is 6.10 Å². The molecule has 3 heterocycles. The number of rotatable bonds is 2. The Morgan fingerprint density at radius 1 is 1.35 bits per heavy atom. The van der Waals surface area contributed by atoms with E-state index in [0.29, 0.717) is 19.2 Å². The second-order valence-corrected chi connectivity index (χ2v) is 7.59. The zero-order valence-electron chi connectivity index (χ0n) is 13.3. The van der Waals surface area contributed by atoms with Gasteiger partial charge in [-0.15, -0.1) is 12.4 Å². The third-order valence-corrected chi connectivity index (χ3v) is 6.16. The highest BCUT2D eigenvalue weighted by molar-refractivity contribution is 7.07. The zero-order chi connectivity index (χ0) is 14.9. The minimum atomic E-state index is 0. The molecule has 1 amide bonds. The second kappa shape index (κ2) is 7.51. The molecule has 23 heavy (non-hydrogen) atoms. The van der Waals surface area contributed by atoms with Crippen LogP contribution < -0.4 is 5.32 Å². The molecule has 0 spiro atoms. The largest absolute Gasteiger partial charge is 0.370 e. The average molecular weight is 357 g/mol. The van der Waals surface area contributed by atoms with Gasteiger partial charge in [-0.05, 0) is 47.6 Å². The highest BCUT2D eigenvalue weighted by Gasteiger charge is 2.40. The Hall–Kier alpha value is -0.620. The summed E-state index contributed by atoms with van der Waals surface area (Å²) in [4.78, 5) is 14.9. The Morgan fingerprint density at radius 3 is 3.00 bits per heavy atom. The maximum atomic E-state index is 12.9. The molecule has 3 fully saturated rings. The first kappa shape index (κ1) is 17.2. The van der Waals surface area contributed by atoms with Crippen molar-refractivity contribution in [1.82, 2.24) is 10.2 Å². The summed E-state index contributed by atoms with van der Waals surface area (Å²) >= 11 is 1.69. The van der Waals surface area contributed by atoms with Crippen LogP contribution in [0.2, 0.25) is 0 Å². The van der Waals surface area contributed by atoms with Crippen molar-refractivity contribution in [2.45, 2.75) is 50.3 Å². The van der Waals surface area contributed by atoms with Gasteiger partial charge in [0.15, 0.2) is 0 Å². The Kier molecular flexibility index (Phi) is 5.62. The van der Waals surface area contributed by atoms with E-state index in [-0.39, 0.29) is 30.5 Å². The van der Waals surface area contributed by atoms with Gasteiger partial charge >= 0.3 is 0 Å². The number of nitrogens with zero attached hydrogens (tertiary/aromatic N) is 1. The normalized spacial score (nSPS) is 33.8. The van der Waals surface area contributed by atoms with E-state index < -0.39 is 0 Å². The molecule has 4 atom stereocenters. The molecule has 3 aliphatic rings. The van der Waals surface area contributed by atoms with Crippen LogP contribution in [-0.4, -0.2) is 42.6 Å². The van der Waals surface area contributed by atoms with Crippen LogP contribution in [-0.2, 0) is 9.53 Å². The summed E-state index contributed by atoms with van der Waals surface area (Å²) in [6.07, 6.45) is 6.27. The van der Waals surface area contributed by atoms with Gasteiger partial charge in [0.2, 0.25) is 5.91 Å². The number of thiophene rings is 1. The van der Waals surface area contributed by atoms with E-state index in [9.17, 15) is 4.79 Å². The van der Waals surface area contributed by atoms with Crippen LogP contribution >= 0.6 is 23.7 Å².